The van der Waals surface area contributed by atoms with Crippen molar-refractivity contribution in [3.63, 3.8) is 0 Å². The first-order valence-corrected chi connectivity index (χ1v) is 8.30. The van der Waals surface area contributed by atoms with E-state index >= 15 is 0 Å². The number of hydrogen-bond acceptors (Lipinski definition) is 3. The Bertz CT molecular complexity index is 990. The molecule has 2 heterocycles. The zero-order valence-corrected chi connectivity index (χ0v) is 14.4. The van der Waals surface area contributed by atoms with Crippen LogP contribution in [0.1, 0.15) is 5.56 Å². The predicted molar refractivity (Wildman–Crippen MR) is 99.8 cm³/mol. The Kier molecular flexibility index (Phi) is 4.04. The Balaban J connectivity index is 1.94. The molecule has 0 unspecified atom stereocenters. The molecule has 0 radical (unpaired) electrons. The van der Waals surface area contributed by atoms with E-state index < -0.39 is 0 Å². The third-order valence-corrected chi connectivity index (χ3v) is 4.20. The van der Waals surface area contributed by atoms with Gasteiger partial charge in [0.2, 0.25) is 0 Å². The maximum Gasteiger partial charge on any atom is 0.187 e. The van der Waals surface area contributed by atoms with Crippen molar-refractivity contribution in [1.82, 2.24) is 19.7 Å². The number of rotatable bonds is 3. The molecule has 0 spiro atoms. The van der Waals surface area contributed by atoms with Crippen LogP contribution >= 0.6 is 11.6 Å². The number of benzene rings is 2. The minimum absolute atomic E-state index is 0.688. The zero-order valence-electron chi connectivity index (χ0n) is 13.6. The van der Waals surface area contributed by atoms with E-state index in [4.69, 9.17) is 11.6 Å². The molecule has 0 aliphatic rings. The van der Waals surface area contributed by atoms with E-state index in [2.05, 4.69) is 34.2 Å². The highest BCUT2D eigenvalue weighted by molar-refractivity contribution is 6.30. The number of pyridine rings is 1. The van der Waals surface area contributed by atoms with Crippen molar-refractivity contribution in [2.75, 3.05) is 0 Å². The molecule has 4 nitrogen and oxygen atoms in total. The molecule has 0 atom stereocenters. The van der Waals surface area contributed by atoms with Crippen LogP contribution in [0.5, 0.6) is 0 Å². The third kappa shape index (κ3) is 3.04. The quantitative estimate of drug-likeness (QED) is 0.526. The van der Waals surface area contributed by atoms with Crippen molar-refractivity contribution >= 4 is 11.6 Å². The number of hydrogen-bond donors (Lipinski definition) is 0. The van der Waals surface area contributed by atoms with Gasteiger partial charge in [-0.05, 0) is 43.3 Å². The van der Waals surface area contributed by atoms with Crippen LogP contribution in [0.25, 0.3) is 28.6 Å². The lowest BCUT2D eigenvalue weighted by Crippen LogP contribution is -2.01. The fraction of sp³-hybridized carbons (Fsp3) is 0.0500. The highest BCUT2D eigenvalue weighted by Crippen LogP contribution is 2.28. The molecule has 122 valence electrons. The van der Waals surface area contributed by atoms with Crippen molar-refractivity contribution < 1.29 is 0 Å². The number of nitrogens with zero attached hydrogens (tertiary/aromatic N) is 4. The van der Waals surface area contributed by atoms with Crippen LogP contribution in [0.3, 0.4) is 0 Å². The van der Waals surface area contributed by atoms with Crippen molar-refractivity contribution in [3.05, 3.63) is 83.5 Å². The lowest BCUT2D eigenvalue weighted by molar-refractivity contribution is 1.06. The summed E-state index contributed by atoms with van der Waals surface area (Å²) in [6.07, 6.45) is 1.75. The number of aryl methyl sites for hydroxylation is 1. The third-order valence-electron chi connectivity index (χ3n) is 3.95. The standard InChI is InChI=1S/C20H15ClN4/c1-14-5-7-15(8-6-14)19-23-24-20(18-4-2-3-13-22-18)25(19)17-11-9-16(21)10-12-17/h2-13H,1H3. The first kappa shape index (κ1) is 15.5. The van der Waals surface area contributed by atoms with Crippen LogP contribution < -0.4 is 0 Å². The van der Waals surface area contributed by atoms with Gasteiger partial charge in [0.25, 0.3) is 0 Å². The van der Waals surface area contributed by atoms with Crippen LogP contribution in [0.4, 0.5) is 0 Å². The summed E-state index contributed by atoms with van der Waals surface area (Å²) in [7, 11) is 0. The second-order valence-corrected chi connectivity index (χ2v) is 6.18. The molecule has 0 N–H and O–H groups in total. The largest absolute Gasteiger partial charge is 0.274 e. The minimum atomic E-state index is 0.688. The van der Waals surface area contributed by atoms with Gasteiger partial charge >= 0.3 is 0 Å². The summed E-state index contributed by atoms with van der Waals surface area (Å²) in [5.74, 6) is 1.46. The molecule has 0 aliphatic carbocycles. The van der Waals surface area contributed by atoms with Gasteiger partial charge in [0, 0.05) is 22.5 Å². The van der Waals surface area contributed by atoms with Crippen LogP contribution in [0, 0.1) is 6.92 Å². The van der Waals surface area contributed by atoms with E-state index in [0.717, 1.165) is 22.8 Å². The van der Waals surface area contributed by atoms with Crippen molar-refractivity contribution in [2.24, 2.45) is 0 Å². The van der Waals surface area contributed by atoms with Crippen LogP contribution in [-0.4, -0.2) is 19.7 Å². The molecule has 0 saturated carbocycles. The Labute approximate surface area is 150 Å². The Morgan fingerprint density at radius 1 is 0.800 bits per heavy atom. The van der Waals surface area contributed by atoms with Gasteiger partial charge in [-0.3, -0.25) is 9.55 Å². The maximum absolute atomic E-state index is 6.05. The highest BCUT2D eigenvalue weighted by Gasteiger charge is 2.17. The van der Waals surface area contributed by atoms with E-state index in [0.29, 0.717) is 10.8 Å². The summed E-state index contributed by atoms with van der Waals surface area (Å²) < 4.78 is 2.00. The average molecular weight is 347 g/mol. The van der Waals surface area contributed by atoms with Gasteiger partial charge in [0.15, 0.2) is 11.6 Å². The van der Waals surface area contributed by atoms with E-state index in [1.165, 1.54) is 5.56 Å². The molecule has 5 heteroatoms. The molecule has 4 aromatic rings. The number of aromatic nitrogens is 4. The fourth-order valence-electron chi connectivity index (χ4n) is 2.67. The second kappa shape index (κ2) is 6.49. The fourth-order valence-corrected chi connectivity index (χ4v) is 2.80. The molecular formula is C20H15ClN4. The van der Waals surface area contributed by atoms with Crippen LogP contribution in [0.15, 0.2) is 72.9 Å². The monoisotopic (exact) mass is 346 g/mol. The minimum Gasteiger partial charge on any atom is -0.274 e. The first-order valence-electron chi connectivity index (χ1n) is 7.92. The highest BCUT2D eigenvalue weighted by atomic mass is 35.5. The van der Waals surface area contributed by atoms with Gasteiger partial charge in [-0.15, -0.1) is 10.2 Å². The Morgan fingerprint density at radius 2 is 1.52 bits per heavy atom. The van der Waals surface area contributed by atoms with Crippen molar-refractivity contribution in [2.45, 2.75) is 6.92 Å². The summed E-state index contributed by atoms with van der Waals surface area (Å²) in [5, 5.41) is 9.52. The molecule has 0 amide bonds. The second-order valence-electron chi connectivity index (χ2n) is 5.74. The van der Waals surface area contributed by atoms with E-state index in [-0.39, 0.29) is 0 Å². The van der Waals surface area contributed by atoms with Crippen LogP contribution in [0.2, 0.25) is 5.02 Å². The molecule has 0 saturated heterocycles. The normalized spacial score (nSPS) is 10.8. The van der Waals surface area contributed by atoms with Gasteiger partial charge in [-0.1, -0.05) is 47.5 Å². The SMILES string of the molecule is Cc1ccc(-c2nnc(-c3ccccn3)n2-c2ccc(Cl)cc2)cc1. The van der Waals surface area contributed by atoms with Gasteiger partial charge in [0.1, 0.15) is 5.69 Å². The molecule has 0 fully saturated rings. The average Bonchev–Trinajstić information content (AvgIpc) is 3.09. The van der Waals surface area contributed by atoms with Gasteiger partial charge in [0.05, 0.1) is 0 Å². The predicted octanol–water partition coefficient (Wildman–Crippen LogP) is 4.96. The molecule has 2 aromatic carbocycles. The topological polar surface area (TPSA) is 43.6 Å². The molecular weight excluding hydrogens is 332 g/mol. The Morgan fingerprint density at radius 3 is 2.20 bits per heavy atom. The maximum atomic E-state index is 6.05. The smallest absolute Gasteiger partial charge is 0.187 e. The summed E-state index contributed by atoms with van der Waals surface area (Å²) >= 11 is 6.05. The lowest BCUT2D eigenvalue weighted by Gasteiger charge is -2.10. The zero-order chi connectivity index (χ0) is 17.2. The summed E-state index contributed by atoms with van der Waals surface area (Å²) in [6, 6.07) is 21.6. The molecule has 2 aromatic heterocycles. The molecule has 4 rings (SSSR count). The molecule has 0 bridgehead atoms. The van der Waals surface area contributed by atoms with E-state index in [1.54, 1.807) is 6.20 Å². The van der Waals surface area contributed by atoms with E-state index in [1.807, 2.05) is 59.2 Å². The summed E-state index contributed by atoms with van der Waals surface area (Å²) in [5.41, 5.74) is 3.90. The van der Waals surface area contributed by atoms with Gasteiger partial charge in [-0.2, -0.15) is 0 Å². The van der Waals surface area contributed by atoms with Crippen LogP contribution in [-0.2, 0) is 0 Å². The van der Waals surface area contributed by atoms with Gasteiger partial charge in [-0.25, -0.2) is 0 Å². The summed E-state index contributed by atoms with van der Waals surface area (Å²) in [4.78, 5) is 4.42. The first-order chi connectivity index (χ1) is 12.2. The van der Waals surface area contributed by atoms with Gasteiger partial charge < -0.3 is 0 Å². The Hall–Kier alpha value is -2.98. The molecule has 0 aliphatic heterocycles. The van der Waals surface area contributed by atoms with Crippen molar-refractivity contribution in [3.8, 4) is 28.6 Å². The van der Waals surface area contributed by atoms with E-state index in [9.17, 15) is 0 Å². The molecule has 25 heavy (non-hydrogen) atoms. The van der Waals surface area contributed by atoms with Crippen molar-refractivity contribution in [1.29, 1.82) is 0 Å². The number of halogens is 1. The summed E-state index contributed by atoms with van der Waals surface area (Å²) in [6.45, 7) is 2.06. The lowest BCUT2D eigenvalue weighted by atomic mass is 10.1.